The Hall–Kier alpha value is -0.650. The number of hydrogen-bond donors (Lipinski definition) is 1. The molecule has 0 aromatic carbocycles. The van der Waals surface area contributed by atoms with E-state index in [4.69, 9.17) is 0 Å². The second-order valence-corrected chi connectivity index (χ2v) is 4.80. The molecule has 5 nitrogen and oxygen atoms in total. The van der Waals surface area contributed by atoms with Crippen molar-refractivity contribution in [3.63, 3.8) is 0 Å². The largest absolute Gasteiger partial charge is 1.00 e. The molecule has 94 valence electrons. The van der Waals surface area contributed by atoms with Crippen LogP contribution in [0.5, 0.6) is 0 Å². The summed E-state index contributed by atoms with van der Waals surface area (Å²) in [5.74, 6) is -1.32. The Morgan fingerprint density at radius 2 is 1.72 bits per heavy atom. The molecule has 1 aliphatic heterocycles. The number of imide groups is 2. The second-order valence-electron chi connectivity index (χ2n) is 4.80. The summed E-state index contributed by atoms with van der Waals surface area (Å²) in [4.78, 5) is 34.8. The molecular formula is C12H17N2NaO3. The van der Waals surface area contributed by atoms with Crippen LogP contribution in [0.2, 0.25) is 0 Å². The Kier molecular flexibility index (Phi) is 6.26. The summed E-state index contributed by atoms with van der Waals surface area (Å²) >= 11 is 0. The molecule has 0 saturated carbocycles. The minimum atomic E-state index is -1.35. The van der Waals surface area contributed by atoms with Crippen molar-refractivity contribution in [3.8, 4) is 0 Å². The van der Waals surface area contributed by atoms with Crippen LogP contribution in [0, 0.1) is 17.3 Å². The first-order chi connectivity index (χ1) is 7.80. The van der Waals surface area contributed by atoms with E-state index < -0.39 is 23.3 Å². The van der Waals surface area contributed by atoms with E-state index in [9.17, 15) is 14.4 Å². The van der Waals surface area contributed by atoms with Gasteiger partial charge in [0.15, 0.2) is 17.8 Å². The monoisotopic (exact) mass is 260 g/mol. The summed E-state index contributed by atoms with van der Waals surface area (Å²) in [6.45, 7) is 7.40. The summed E-state index contributed by atoms with van der Waals surface area (Å²) in [5, 5.41) is 5.41. The number of nitrogens with one attached hydrogen (secondary N) is 1. The minimum absolute atomic E-state index is 0. The predicted octanol–water partition coefficient (Wildman–Crippen LogP) is -1.00. The van der Waals surface area contributed by atoms with Crippen LogP contribution in [-0.2, 0) is 9.59 Å². The van der Waals surface area contributed by atoms with E-state index in [0.717, 1.165) is 0 Å². The third-order valence-electron chi connectivity index (χ3n) is 2.81. The number of allylic oxidation sites excluding steroid dienone is 1. The molecule has 1 N–H and O–H groups in total. The van der Waals surface area contributed by atoms with Gasteiger partial charge in [0.2, 0.25) is 0 Å². The van der Waals surface area contributed by atoms with Crippen molar-refractivity contribution in [3.05, 3.63) is 17.5 Å². The first-order valence-electron chi connectivity index (χ1n) is 5.61. The van der Waals surface area contributed by atoms with Crippen LogP contribution in [0.15, 0.2) is 12.2 Å². The zero-order valence-corrected chi connectivity index (χ0v) is 13.5. The topological polar surface area (TPSA) is 77.3 Å². The average Bonchev–Trinajstić information content (AvgIpc) is 2.15. The molecule has 18 heavy (non-hydrogen) atoms. The van der Waals surface area contributed by atoms with Crippen LogP contribution < -0.4 is 34.9 Å². The predicted molar refractivity (Wildman–Crippen MR) is 63.2 cm³/mol. The molecule has 0 aromatic rings. The summed E-state index contributed by atoms with van der Waals surface area (Å²) in [6, 6.07) is -0.880. The van der Waals surface area contributed by atoms with Gasteiger partial charge in [-0.15, -0.1) is 0 Å². The maximum absolute atomic E-state index is 11.9. The fourth-order valence-corrected chi connectivity index (χ4v) is 1.70. The van der Waals surface area contributed by atoms with E-state index in [2.05, 4.69) is 10.6 Å². The molecule has 1 unspecified atom stereocenters. The summed E-state index contributed by atoms with van der Waals surface area (Å²) in [7, 11) is 0. The van der Waals surface area contributed by atoms with Crippen LogP contribution in [0.3, 0.4) is 0 Å². The van der Waals surface area contributed by atoms with Gasteiger partial charge in [-0.3, -0.25) is 14.4 Å². The number of carbonyl (C=O) groups excluding carboxylic acids is 3. The summed E-state index contributed by atoms with van der Waals surface area (Å²) in [5.41, 5.74) is -1.35. The van der Waals surface area contributed by atoms with E-state index in [-0.39, 0.29) is 41.4 Å². The molecule has 6 heteroatoms. The van der Waals surface area contributed by atoms with Crippen molar-refractivity contribution in [1.82, 2.24) is 5.32 Å². The van der Waals surface area contributed by atoms with Gasteiger partial charge in [-0.1, -0.05) is 39.8 Å². The van der Waals surface area contributed by atoms with E-state index in [1.54, 1.807) is 26.0 Å². The molecule has 1 saturated heterocycles. The van der Waals surface area contributed by atoms with Gasteiger partial charge in [0.05, 0.1) is 0 Å². The van der Waals surface area contributed by atoms with Crippen molar-refractivity contribution < 1.29 is 43.9 Å². The fourth-order valence-electron chi connectivity index (χ4n) is 1.70. The van der Waals surface area contributed by atoms with Crippen LogP contribution in [0.25, 0.3) is 5.32 Å². The number of hydrogen-bond acceptors (Lipinski definition) is 3. The Morgan fingerprint density at radius 3 is 2.11 bits per heavy atom. The smallest absolute Gasteiger partial charge is 0.394 e. The van der Waals surface area contributed by atoms with Crippen molar-refractivity contribution in [2.24, 2.45) is 17.3 Å². The van der Waals surface area contributed by atoms with Gasteiger partial charge in [0, 0.05) is 0 Å². The van der Waals surface area contributed by atoms with Gasteiger partial charge in [0.25, 0.3) is 0 Å². The number of carbonyl (C=O) groups is 3. The molecule has 1 atom stereocenters. The van der Waals surface area contributed by atoms with Crippen molar-refractivity contribution in [1.29, 1.82) is 0 Å². The van der Waals surface area contributed by atoms with E-state index in [1.165, 1.54) is 0 Å². The van der Waals surface area contributed by atoms with Crippen LogP contribution >= 0.6 is 0 Å². The van der Waals surface area contributed by atoms with Gasteiger partial charge in [-0.25, -0.2) is 0 Å². The third kappa shape index (κ3) is 3.22. The van der Waals surface area contributed by atoms with Gasteiger partial charge >= 0.3 is 29.6 Å². The third-order valence-corrected chi connectivity index (χ3v) is 2.81. The molecule has 0 radical (unpaired) electrons. The quantitative estimate of drug-likeness (QED) is 0.401. The maximum Gasteiger partial charge on any atom is 1.00 e. The van der Waals surface area contributed by atoms with Gasteiger partial charge < -0.3 is 10.6 Å². The standard InChI is InChI=1S/C12H18N2O3.Na/c1-7(2)5-6-12(8(3)4)9(15)13-11(17)14-10(12)16;/h5-8H,1-4H3,(H2,13,14,15,16,17);/q;+1/p-1/b6-5+;. The Bertz CT molecular complexity index is 369. The second kappa shape index (κ2) is 6.50. The molecule has 0 spiro atoms. The van der Waals surface area contributed by atoms with Crippen molar-refractivity contribution in [2.75, 3.05) is 0 Å². The van der Waals surface area contributed by atoms with Crippen LogP contribution in [0.4, 0.5) is 4.79 Å². The normalized spacial score (nSPS) is 24.2. The first kappa shape index (κ1) is 17.4. The molecule has 0 aliphatic carbocycles. The average molecular weight is 260 g/mol. The number of amides is 4. The van der Waals surface area contributed by atoms with Crippen molar-refractivity contribution in [2.45, 2.75) is 27.7 Å². The zero-order chi connectivity index (χ0) is 13.2. The minimum Gasteiger partial charge on any atom is -0.394 e. The number of barbiturate groups is 1. The van der Waals surface area contributed by atoms with Crippen molar-refractivity contribution >= 4 is 17.8 Å². The molecule has 1 heterocycles. The molecule has 4 amide bonds. The maximum atomic E-state index is 11.9. The molecule has 1 fully saturated rings. The van der Waals surface area contributed by atoms with Gasteiger partial charge in [0.1, 0.15) is 5.41 Å². The van der Waals surface area contributed by atoms with Crippen LogP contribution in [0.1, 0.15) is 27.7 Å². The molecule has 1 aliphatic rings. The summed E-state index contributed by atoms with van der Waals surface area (Å²) in [6.07, 6.45) is 3.35. The summed E-state index contributed by atoms with van der Waals surface area (Å²) < 4.78 is 0. The fraction of sp³-hybridized carbons (Fsp3) is 0.583. The molecule has 0 bridgehead atoms. The molecule has 1 rings (SSSR count). The van der Waals surface area contributed by atoms with E-state index in [0.29, 0.717) is 0 Å². The SMILES string of the molecule is CC(C)/C=C/C1(C(C)C)C(=O)[N-]C(=O)NC1=O.[Na+]. The zero-order valence-electron chi connectivity index (χ0n) is 11.5. The van der Waals surface area contributed by atoms with E-state index >= 15 is 0 Å². The molecule has 0 aromatic heterocycles. The van der Waals surface area contributed by atoms with E-state index in [1.807, 2.05) is 13.8 Å². The Balaban J connectivity index is 0.00000289. The first-order valence-corrected chi connectivity index (χ1v) is 5.61. The molecular weight excluding hydrogens is 243 g/mol. The number of urea groups is 1. The Labute approximate surface area is 129 Å². The number of rotatable bonds is 3. The number of nitrogens with zero attached hydrogens (tertiary/aromatic N) is 1. The van der Waals surface area contributed by atoms with Gasteiger partial charge in [-0.2, -0.15) is 0 Å². The van der Waals surface area contributed by atoms with Crippen LogP contribution in [-0.4, -0.2) is 17.8 Å². The Morgan fingerprint density at radius 1 is 1.17 bits per heavy atom. The van der Waals surface area contributed by atoms with Gasteiger partial charge in [-0.05, 0) is 11.8 Å².